The summed E-state index contributed by atoms with van der Waals surface area (Å²) < 4.78 is 16.7. The molecule has 0 aromatic heterocycles. The zero-order valence-corrected chi connectivity index (χ0v) is 43.8. The molecule has 384 valence electrons. The molecular weight excluding hydrogens is 853 g/mol. The van der Waals surface area contributed by atoms with E-state index in [1.165, 1.54) is 51.4 Å². The van der Waals surface area contributed by atoms with Crippen LogP contribution in [0, 0.1) is 0 Å². The Morgan fingerprint density at radius 1 is 0.304 bits per heavy atom. The molecule has 0 aromatic carbocycles. The Kier molecular flexibility index (Phi) is 51.6. The fraction of sp³-hybridized carbons (Fsp3) is 0.540. The number of rotatable bonds is 46. The van der Waals surface area contributed by atoms with Crippen LogP contribution in [0.3, 0.4) is 0 Å². The van der Waals surface area contributed by atoms with Crippen LogP contribution in [-0.4, -0.2) is 37.2 Å². The molecule has 0 saturated heterocycles. The fourth-order valence-corrected chi connectivity index (χ4v) is 6.46. The minimum Gasteiger partial charge on any atom is -0.462 e. The first-order chi connectivity index (χ1) is 34.0. The van der Waals surface area contributed by atoms with E-state index in [1.807, 2.05) is 0 Å². The van der Waals surface area contributed by atoms with Gasteiger partial charge in [-0.1, -0.05) is 204 Å². The lowest BCUT2D eigenvalue weighted by molar-refractivity contribution is -0.166. The Hall–Kier alpha value is -4.97. The number of esters is 3. The maximum absolute atomic E-state index is 12.8. The van der Waals surface area contributed by atoms with Gasteiger partial charge in [0.2, 0.25) is 0 Å². The van der Waals surface area contributed by atoms with Gasteiger partial charge in [0, 0.05) is 19.3 Å². The minimum absolute atomic E-state index is 0.153. The zero-order valence-electron chi connectivity index (χ0n) is 43.8. The Labute approximate surface area is 422 Å². The van der Waals surface area contributed by atoms with Crippen molar-refractivity contribution in [3.8, 4) is 0 Å². The minimum atomic E-state index is -0.860. The second-order valence-corrected chi connectivity index (χ2v) is 17.0. The van der Waals surface area contributed by atoms with E-state index < -0.39 is 12.1 Å². The number of hydrogen-bond acceptors (Lipinski definition) is 6. The average Bonchev–Trinajstić information content (AvgIpc) is 3.35. The third-order valence-corrected chi connectivity index (χ3v) is 10.5. The molecule has 6 heteroatoms. The van der Waals surface area contributed by atoms with Gasteiger partial charge in [0.05, 0.1) is 0 Å². The summed E-state index contributed by atoms with van der Waals surface area (Å²) >= 11 is 0. The van der Waals surface area contributed by atoms with E-state index in [0.29, 0.717) is 19.3 Å². The molecule has 0 aliphatic heterocycles. The molecule has 69 heavy (non-hydrogen) atoms. The van der Waals surface area contributed by atoms with Gasteiger partial charge in [-0.05, 0) is 135 Å². The third-order valence-electron chi connectivity index (χ3n) is 10.5. The zero-order chi connectivity index (χ0) is 50.0. The molecule has 0 amide bonds. The Balaban J connectivity index is 4.69. The maximum atomic E-state index is 12.8. The van der Waals surface area contributed by atoms with E-state index in [2.05, 4.69) is 179 Å². The van der Waals surface area contributed by atoms with Gasteiger partial charge in [0.1, 0.15) is 13.2 Å². The largest absolute Gasteiger partial charge is 0.462 e. The van der Waals surface area contributed by atoms with Gasteiger partial charge in [-0.15, -0.1) is 0 Å². The van der Waals surface area contributed by atoms with Crippen LogP contribution >= 0.6 is 0 Å². The van der Waals surface area contributed by atoms with Crippen LogP contribution in [0.4, 0.5) is 0 Å². The topological polar surface area (TPSA) is 78.9 Å². The van der Waals surface area contributed by atoms with Crippen LogP contribution in [0.25, 0.3) is 0 Å². The highest BCUT2D eigenvalue weighted by atomic mass is 16.6. The lowest BCUT2D eigenvalue weighted by Crippen LogP contribution is -2.30. The number of carbonyl (C=O) groups is 3. The summed E-state index contributed by atoms with van der Waals surface area (Å²) in [5.41, 5.74) is 0. The summed E-state index contributed by atoms with van der Waals surface area (Å²) in [7, 11) is 0. The second-order valence-electron chi connectivity index (χ2n) is 17.0. The molecule has 0 aliphatic rings. The maximum Gasteiger partial charge on any atom is 0.306 e. The van der Waals surface area contributed by atoms with Crippen molar-refractivity contribution in [2.75, 3.05) is 13.2 Å². The molecule has 0 rings (SSSR count). The Bertz CT molecular complexity index is 1610. The average molecular weight is 949 g/mol. The van der Waals surface area contributed by atoms with Crippen molar-refractivity contribution in [3.05, 3.63) is 158 Å². The number of allylic oxidation sites excluding steroid dienone is 26. The standard InChI is InChI=1S/C63H96O6/c1-4-7-10-13-16-19-22-25-28-31-34-37-40-43-46-49-52-55-61(64)67-58-60(69-63(66)57-54-51-48-45-42-39-36-33-30-27-24-21-18-15-12-9-6-3)59-68-62(65)56-53-50-47-44-41-38-35-32-29-26-23-20-17-14-11-8-5-2/h7,10,16-21,25-30,34-39,43-48,60H,4-6,8-9,11-15,22-24,31-33,40-42,49-59H2,1-3H3/b10-7-,19-16-,20-17-,21-18-,28-25-,29-26-,30-27-,37-34-,38-35-,39-36-,46-43-,47-44-,48-45-/t60-/m1/s1. The van der Waals surface area contributed by atoms with Gasteiger partial charge in [-0.2, -0.15) is 0 Å². The molecule has 0 saturated carbocycles. The molecule has 0 unspecified atom stereocenters. The van der Waals surface area contributed by atoms with Gasteiger partial charge in [0.25, 0.3) is 0 Å². The molecule has 0 N–H and O–H groups in total. The monoisotopic (exact) mass is 949 g/mol. The lowest BCUT2D eigenvalue weighted by atomic mass is 10.2. The lowest BCUT2D eigenvalue weighted by Gasteiger charge is -2.18. The molecule has 6 nitrogen and oxygen atoms in total. The molecule has 0 aliphatic carbocycles. The molecule has 0 bridgehead atoms. The normalized spacial score (nSPS) is 13.4. The summed E-state index contributed by atoms with van der Waals surface area (Å²) in [6, 6.07) is 0. The number of unbranched alkanes of at least 4 members (excludes halogenated alkanes) is 9. The molecule has 0 aromatic rings. The van der Waals surface area contributed by atoms with E-state index in [9.17, 15) is 14.4 Å². The predicted octanol–water partition coefficient (Wildman–Crippen LogP) is 18.2. The predicted molar refractivity (Wildman–Crippen MR) is 297 cm³/mol. The van der Waals surface area contributed by atoms with Gasteiger partial charge >= 0.3 is 17.9 Å². The summed E-state index contributed by atoms with van der Waals surface area (Å²) in [5, 5.41) is 0. The van der Waals surface area contributed by atoms with Gasteiger partial charge in [0.15, 0.2) is 6.10 Å². The van der Waals surface area contributed by atoms with Crippen LogP contribution in [0.5, 0.6) is 0 Å². The molecular formula is C63H96O6. The summed E-state index contributed by atoms with van der Waals surface area (Å²) in [6.45, 7) is 6.30. The first kappa shape index (κ1) is 64.0. The highest BCUT2D eigenvalue weighted by Crippen LogP contribution is 2.09. The summed E-state index contributed by atoms with van der Waals surface area (Å²) in [6.07, 6.45) is 81.0. The van der Waals surface area contributed by atoms with Crippen LogP contribution in [0.15, 0.2) is 158 Å². The van der Waals surface area contributed by atoms with Gasteiger partial charge in [-0.25, -0.2) is 0 Å². The van der Waals surface area contributed by atoms with Crippen LogP contribution in [-0.2, 0) is 28.6 Å². The third kappa shape index (κ3) is 53.8. The smallest absolute Gasteiger partial charge is 0.306 e. The van der Waals surface area contributed by atoms with Crippen molar-refractivity contribution >= 4 is 17.9 Å². The van der Waals surface area contributed by atoms with Crippen LogP contribution in [0.1, 0.15) is 201 Å². The molecule has 0 fully saturated rings. The van der Waals surface area contributed by atoms with E-state index in [1.54, 1.807) is 0 Å². The Morgan fingerprint density at radius 3 is 0.826 bits per heavy atom. The van der Waals surface area contributed by atoms with Crippen LogP contribution < -0.4 is 0 Å². The van der Waals surface area contributed by atoms with Crippen LogP contribution in [0.2, 0.25) is 0 Å². The first-order valence-electron chi connectivity index (χ1n) is 27.0. The second kappa shape index (κ2) is 55.6. The summed E-state index contributed by atoms with van der Waals surface area (Å²) in [5.74, 6) is -1.13. The highest BCUT2D eigenvalue weighted by Gasteiger charge is 2.19. The number of carbonyl (C=O) groups excluding carboxylic acids is 3. The van der Waals surface area contributed by atoms with Crippen molar-refractivity contribution < 1.29 is 28.6 Å². The molecule has 1 atom stereocenters. The van der Waals surface area contributed by atoms with Crippen molar-refractivity contribution in [1.29, 1.82) is 0 Å². The van der Waals surface area contributed by atoms with Crippen molar-refractivity contribution in [2.24, 2.45) is 0 Å². The number of ether oxygens (including phenoxy) is 3. The number of hydrogen-bond donors (Lipinski definition) is 0. The fourth-order valence-electron chi connectivity index (χ4n) is 6.46. The molecule has 0 radical (unpaired) electrons. The van der Waals surface area contributed by atoms with E-state index in [-0.39, 0.29) is 44.4 Å². The summed E-state index contributed by atoms with van der Waals surface area (Å²) in [4.78, 5) is 38.0. The van der Waals surface area contributed by atoms with Crippen molar-refractivity contribution in [2.45, 2.75) is 207 Å². The SMILES string of the molecule is CC/C=C\C/C=C\C/C=C\C/C=C\C/C=C\CCCC(=O)OC[C@H](COC(=O)CCC/C=C\C/C=C\C/C=C\C/C=C\CCCCC)OC(=O)CCC/C=C\C/C=C\C/C=C\C/C=C\CCCCC. The van der Waals surface area contributed by atoms with Gasteiger partial charge < -0.3 is 14.2 Å². The first-order valence-corrected chi connectivity index (χ1v) is 27.0. The van der Waals surface area contributed by atoms with E-state index in [0.717, 1.165) is 89.9 Å². The molecule has 0 heterocycles. The quantitative estimate of drug-likeness (QED) is 0.0262. The Morgan fingerprint density at radius 2 is 0.551 bits per heavy atom. The molecule has 0 spiro atoms. The van der Waals surface area contributed by atoms with Gasteiger partial charge in [-0.3, -0.25) is 14.4 Å². The van der Waals surface area contributed by atoms with E-state index in [4.69, 9.17) is 14.2 Å². The highest BCUT2D eigenvalue weighted by molar-refractivity contribution is 5.71. The van der Waals surface area contributed by atoms with Crippen molar-refractivity contribution in [1.82, 2.24) is 0 Å². The van der Waals surface area contributed by atoms with Crippen molar-refractivity contribution in [3.63, 3.8) is 0 Å². The van der Waals surface area contributed by atoms with E-state index >= 15 is 0 Å².